The van der Waals surface area contributed by atoms with Gasteiger partial charge in [0.25, 0.3) is 0 Å². The lowest BCUT2D eigenvalue weighted by molar-refractivity contribution is -0.0388. The van der Waals surface area contributed by atoms with Gasteiger partial charge < -0.3 is 14.9 Å². The third kappa shape index (κ3) is 4.81. The average molecular weight is 211 g/mol. The van der Waals surface area contributed by atoms with Crippen LogP contribution in [0, 0.1) is 0 Å². The number of aliphatic hydroxyl groups excluding tert-OH is 1. The summed E-state index contributed by atoms with van der Waals surface area (Å²) in [5.74, 6) is 0. The molecule has 0 heterocycles. The Bertz CT molecular complexity index is 130. The first-order valence-electron chi connectivity index (χ1n) is 4.53. The van der Waals surface area contributed by atoms with Gasteiger partial charge in [-0.1, -0.05) is 0 Å². The SMILES string of the molecule is COC[C@](O)(CCCCO)[C@H](C)Cl. The normalized spacial score (nSPS) is 18.2. The van der Waals surface area contributed by atoms with Gasteiger partial charge in [0.15, 0.2) is 0 Å². The summed E-state index contributed by atoms with van der Waals surface area (Å²) in [5, 5.41) is 18.2. The van der Waals surface area contributed by atoms with Crippen LogP contribution >= 0.6 is 11.6 Å². The average Bonchev–Trinajstić information content (AvgIpc) is 2.05. The van der Waals surface area contributed by atoms with Gasteiger partial charge in [-0.3, -0.25) is 0 Å². The Hall–Kier alpha value is 0.170. The molecular formula is C9H19ClO3. The van der Waals surface area contributed by atoms with Crippen LogP contribution in [-0.2, 0) is 4.74 Å². The second-order valence-electron chi connectivity index (χ2n) is 3.33. The van der Waals surface area contributed by atoms with Crippen molar-refractivity contribution in [2.45, 2.75) is 37.2 Å². The molecule has 0 aliphatic heterocycles. The van der Waals surface area contributed by atoms with Crippen LogP contribution in [0.15, 0.2) is 0 Å². The van der Waals surface area contributed by atoms with Crippen LogP contribution in [-0.4, -0.2) is 41.5 Å². The Kier molecular flexibility index (Phi) is 6.68. The highest BCUT2D eigenvalue weighted by Gasteiger charge is 2.31. The summed E-state index contributed by atoms with van der Waals surface area (Å²) >= 11 is 5.85. The number of alkyl halides is 1. The fraction of sp³-hybridized carbons (Fsp3) is 1.00. The predicted molar refractivity (Wildman–Crippen MR) is 53.1 cm³/mol. The van der Waals surface area contributed by atoms with E-state index in [2.05, 4.69) is 0 Å². The first-order chi connectivity index (χ1) is 6.06. The van der Waals surface area contributed by atoms with E-state index >= 15 is 0 Å². The molecule has 0 saturated carbocycles. The number of unbranched alkanes of at least 4 members (excludes halogenated alkanes) is 1. The van der Waals surface area contributed by atoms with Crippen LogP contribution in [0.25, 0.3) is 0 Å². The van der Waals surface area contributed by atoms with Crippen LogP contribution in [0.2, 0.25) is 0 Å². The largest absolute Gasteiger partial charge is 0.396 e. The van der Waals surface area contributed by atoms with Gasteiger partial charge in [-0.2, -0.15) is 0 Å². The van der Waals surface area contributed by atoms with Crippen LogP contribution in [0.1, 0.15) is 26.2 Å². The second-order valence-corrected chi connectivity index (χ2v) is 3.99. The lowest BCUT2D eigenvalue weighted by Crippen LogP contribution is -2.42. The molecule has 80 valence electrons. The Morgan fingerprint density at radius 3 is 2.46 bits per heavy atom. The number of hydrogen-bond donors (Lipinski definition) is 2. The van der Waals surface area contributed by atoms with Crippen molar-refractivity contribution < 1.29 is 14.9 Å². The van der Waals surface area contributed by atoms with E-state index in [1.807, 2.05) is 0 Å². The number of aliphatic hydroxyl groups is 2. The lowest BCUT2D eigenvalue weighted by Gasteiger charge is -2.29. The zero-order valence-electron chi connectivity index (χ0n) is 8.29. The first kappa shape index (κ1) is 13.2. The van der Waals surface area contributed by atoms with Crippen molar-refractivity contribution in [3.05, 3.63) is 0 Å². The third-order valence-corrected chi connectivity index (χ3v) is 2.56. The maximum absolute atomic E-state index is 9.98. The fourth-order valence-corrected chi connectivity index (χ4v) is 1.35. The lowest BCUT2D eigenvalue weighted by atomic mass is 9.94. The highest BCUT2D eigenvalue weighted by Crippen LogP contribution is 2.23. The zero-order valence-corrected chi connectivity index (χ0v) is 9.05. The molecule has 0 bridgehead atoms. The van der Waals surface area contributed by atoms with Crippen molar-refractivity contribution >= 4 is 11.6 Å². The topological polar surface area (TPSA) is 49.7 Å². The van der Waals surface area contributed by atoms with E-state index in [0.29, 0.717) is 12.8 Å². The minimum atomic E-state index is -0.967. The molecule has 4 heteroatoms. The van der Waals surface area contributed by atoms with Gasteiger partial charge in [0.2, 0.25) is 0 Å². The van der Waals surface area contributed by atoms with Crippen molar-refractivity contribution in [2.24, 2.45) is 0 Å². The van der Waals surface area contributed by atoms with Crippen molar-refractivity contribution in [1.82, 2.24) is 0 Å². The molecule has 0 unspecified atom stereocenters. The summed E-state index contributed by atoms with van der Waals surface area (Å²) < 4.78 is 4.90. The number of hydrogen-bond acceptors (Lipinski definition) is 3. The highest BCUT2D eigenvalue weighted by atomic mass is 35.5. The van der Waals surface area contributed by atoms with Crippen LogP contribution < -0.4 is 0 Å². The molecule has 3 nitrogen and oxygen atoms in total. The van der Waals surface area contributed by atoms with E-state index in [-0.39, 0.29) is 18.6 Å². The molecule has 0 aromatic rings. The molecule has 0 radical (unpaired) electrons. The zero-order chi connectivity index (χ0) is 10.3. The third-order valence-electron chi connectivity index (χ3n) is 2.15. The predicted octanol–water partition coefficient (Wildman–Crippen LogP) is 1.15. The van der Waals surface area contributed by atoms with Crippen molar-refractivity contribution in [3.8, 4) is 0 Å². The van der Waals surface area contributed by atoms with E-state index in [0.717, 1.165) is 6.42 Å². The van der Waals surface area contributed by atoms with Gasteiger partial charge in [0.1, 0.15) is 5.60 Å². The standard InChI is InChI=1S/C9H19ClO3/c1-8(10)9(12,7-13-2)5-3-4-6-11/h8,11-12H,3-7H2,1-2H3/t8-,9+/m0/s1. The van der Waals surface area contributed by atoms with Crippen molar-refractivity contribution in [2.75, 3.05) is 20.3 Å². The van der Waals surface area contributed by atoms with Gasteiger partial charge in [-0.25, -0.2) is 0 Å². The van der Waals surface area contributed by atoms with Gasteiger partial charge in [-0.15, -0.1) is 11.6 Å². The summed E-state index contributed by atoms with van der Waals surface area (Å²) in [6.07, 6.45) is 2.01. The van der Waals surface area contributed by atoms with E-state index in [4.69, 9.17) is 21.4 Å². The first-order valence-corrected chi connectivity index (χ1v) is 4.96. The number of rotatable bonds is 7. The smallest absolute Gasteiger partial charge is 0.104 e. The Morgan fingerprint density at radius 2 is 2.08 bits per heavy atom. The molecule has 0 aromatic heterocycles. The van der Waals surface area contributed by atoms with E-state index in [1.165, 1.54) is 7.11 Å². The Labute approximate surface area is 84.7 Å². The van der Waals surface area contributed by atoms with E-state index < -0.39 is 5.60 Å². The maximum Gasteiger partial charge on any atom is 0.104 e. The monoisotopic (exact) mass is 210 g/mol. The summed E-state index contributed by atoms with van der Waals surface area (Å²) in [6, 6.07) is 0. The molecule has 0 amide bonds. The molecule has 0 spiro atoms. The van der Waals surface area contributed by atoms with Gasteiger partial charge in [0.05, 0.1) is 12.0 Å². The molecular weight excluding hydrogens is 192 g/mol. The number of halogens is 1. The molecule has 0 saturated heterocycles. The molecule has 0 fully saturated rings. The van der Waals surface area contributed by atoms with Gasteiger partial charge in [-0.05, 0) is 26.2 Å². The second kappa shape index (κ2) is 6.60. The summed E-state index contributed by atoms with van der Waals surface area (Å²) in [5.41, 5.74) is -0.967. The summed E-state index contributed by atoms with van der Waals surface area (Å²) in [4.78, 5) is 0. The fourth-order valence-electron chi connectivity index (χ4n) is 1.18. The summed E-state index contributed by atoms with van der Waals surface area (Å²) in [6.45, 7) is 2.14. The number of ether oxygens (including phenoxy) is 1. The molecule has 0 aliphatic carbocycles. The molecule has 0 rings (SSSR count). The quantitative estimate of drug-likeness (QED) is 0.490. The van der Waals surface area contributed by atoms with Crippen molar-refractivity contribution in [1.29, 1.82) is 0 Å². The molecule has 0 aliphatic rings. The van der Waals surface area contributed by atoms with Gasteiger partial charge in [0, 0.05) is 13.7 Å². The van der Waals surface area contributed by atoms with Crippen LogP contribution in [0.4, 0.5) is 0 Å². The molecule has 0 aromatic carbocycles. The molecule has 2 N–H and O–H groups in total. The number of methoxy groups -OCH3 is 1. The molecule has 2 atom stereocenters. The van der Waals surface area contributed by atoms with Crippen molar-refractivity contribution in [3.63, 3.8) is 0 Å². The maximum atomic E-state index is 9.98. The Balaban J connectivity index is 3.92. The van der Waals surface area contributed by atoms with E-state index in [9.17, 15) is 5.11 Å². The van der Waals surface area contributed by atoms with Crippen LogP contribution in [0.5, 0.6) is 0 Å². The minimum absolute atomic E-state index is 0.153. The van der Waals surface area contributed by atoms with Crippen LogP contribution in [0.3, 0.4) is 0 Å². The Morgan fingerprint density at radius 1 is 1.46 bits per heavy atom. The van der Waals surface area contributed by atoms with E-state index in [1.54, 1.807) is 6.92 Å². The van der Waals surface area contributed by atoms with Gasteiger partial charge >= 0.3 is 0 Å². The minimum Gasteiger partial charge on any atom is -0.396 e. The highest BCUT2D eigenvalue weighted by molar-refractivity contribution is 6.21. The summed E-state index contributed by atoms with van der Waals surface area (Å²) in [7, 11) is 1.54. The molecule has 13 heavy (non-hydrogen) atoms.